The number of sulfonamides is 1. The number of aromatic nitrogens is 2. The van der Waals surface area contributed by atoms with E-state index >= 15 is 0 Å². The lowest BCUT2D eigenvalue weighted by molar-refractivity contribution is -0.116. The van der Waals surface area contributed by atoms with E-state index in [1.165, 1.54) is 41.1 Å². The van der Waals surface area contributed by atoms with E-state index in [0.717, 1.165) is 28.5 Å². The SMILES string of the molecule is COc1ccc(C(OC[C@H]2O[C@@H](n3cc(/C=C/C(=O)NCCNS(=O)(=O)c4ccc(N=Nc5ccc(N(C)C)cc5)cc4)c(=O)[nH]c3=O)C[C@@H]2OP(OCCC#N)N(C(C)C)C(C)C)(c2ccccc2)c2ccc(OC)cc2)cc1. The third-order valence-electron chi connectivity index (χ3n) is 12.9. The zero-order valence-corrected chi connectivity index (χ0v) is 47.7. The number of amides is 1. The Morgan fingerprint density at radius 1 is 0.850 bits per heavy atom. The molecule has 3 N–H and O–H groups in total. The molecule has 7 rings (SSSR count). The van der Waals surface area contributed by atoms with Gasteiger partial charge in [-0.25, -0.2) is 22.6 Å². The summed E-state index contributed by atoms with van der Waals surface area (Å²) >= 11 is 0. The van der Waals surface area contributed by atoms with Crippen LogP contribution in [0.5, 0.6) is 11.5 Å². The fourth-order valence-electron chi connectivity index (χ4n) is 8.96. The molecule has 5 aromatic carbocycles. The normalized spacial score (nSPS) is 16.1. The molecule has 2 heterocycles. The molecule has 1 fully saturated rings. The molecule has 1 unspecified atom stereocenters. The monoisotopic (exact) mass is 1130 g/mol. The van der Waals surface area contributed by atoms with Crippen LogP contribution < -0.4 is 35.7 Å². The summed E-state index contributed by atoms with van der Waals surface area (Å²) in [6, 6.07) is 40.4. The number of carbonyl (C=O) groups is 1. The fraction of sp³-hybridized carbons (Fsp3) is 0.345. The molecule has 0 aliphatic carbocycles. The smallest absolute Gasteiger partial charge is 0.330 e. The number of nitriles is 1. The number of anilines is 1. The lowest BCUT2D eigenvalue weighted by Gasteiger charge is -2.39. The molecule has 0 radical (unpaired) electrons. The summed E-state index contributed by atoms with van der Waals surface area (Å²) in [5.74, 6) is 0.667. The van der Waals surface area contributed by atoms with Gasteiger partial charge in [0.25, 0.3) is 14.1 Å². The number of hydrogen-bond donors (Lipinski definition) is 3. The van der Waals surface area contributed by atoms with E-state index in [1.807, 2.05) is 150 Å². The van der Waals surface area contributed by atoms with Crippen molar-refractivity contribution in [2.75, 3.05) is 59.5 Å². The van der Waals surface area contributed by atoms with E-state index in [9.17, 15) is 28.1 Å². The van der Waals surface area contributed by atoms with Gasteiger partial charge in [-0.1, -0.05) is 54.6 Å². The highest BCUT2D eigenvalue weighted by Gasteiger charge is 2.45. The lowest BCUT2D eigenvalue weighted by atomic mass is 9.80. The van der Waals surface area contributed by atoms with Crippen LogP contribution in [0.1, 0.15) is 69.0 Å². The molecule has 0 bridgehead atoms. The second-order valence-corrected chi connectivity index (χ2v) is 22.4. The van der Waals surface area contributed by atoms with Crippen LogP contribution in [0.3, 0.4) is 0 Å². The third-order valence-corrected chi connectivity index (χ3v) is 16.6. The first-order valence-electron chi connectivity index (χ1n) is 26.0. The van der Waals surface area contributed by atoms with Gasteiger partial charge < -0.3 is 38.2 Å². The van der Waals surface area contributed by atoms with E-state index in [4.69, 9.17) is 28.0 Å². The molecule has 80 heavy (non-hydrogen) atoms. The molecule has 4 atom stereocenters. The number of rotatable bonds is 27. The predicted octanol–water partition coefficient (Wildman–Crippen LogP) is 9.10. The summed E-state index contributed by atoms with van der Waals surface area (Å²) < 4.78 is 70.5. The Hall–Kier alpha value is -7.38. The van der Waals surface area contributed by atoms with Gasteiger partial charge in [0.05, 0.1) is 67.9 Å². The molecule has 1 amide bonds. The molecule has 1 saturated heterocycles. The average molecular weight is 1130 g/mol. The first-order valence-corrected chi connectivity index (χ1v) is 28.6. The summed E-state index contributed by atoms with van der Waals surface area (Å²) in [5, 5.41) is 20.5. The Balaban J connectivity index is 1.10. The van der Waals surface area contributed by atoms with Crippen LogP contribution in [0.15, 0.2) is 164 Å². The number of carbonyl (C=O) groups excluding carboxylic acids is 1. The zero-order chi connectivity index (χ0) is 57.4. The van der Waals surface area contributed by atoms with Crippen molar-refractivity contribution in [1.82, 2.24) is 24.3 Å². The average Bonchev–Trinajstić information content (AvgIpc) is 3.93. The number of azo groups is 1. The number of benzene rings is 5. The summed E-state index contributed by atoms with van der Waals surface area (Å²) in [7, 11) is 1.30. The topological polar surface area (TPSA) is 240 Å². The van der Waals surface area contributed by atoms with Crippen molar-refractivity contribution in [3.63, 3.8) is 0 Å². The van der Waals surface area contributed by atoms with Crippen LogP contribution in [0.4, 0.5) is 17.1 Å². The molecule has 422 valence electrons. The van der Waals surface area contributed by atoms with Crippen molar-refractivity contribution in [3.8, 4) is 17.6 Å². The van der Waals surface area contributed by atoms with Crippen molar-refractivity contribution in [1.29, 1.82) is 5.26 Å². The number of nitrogens with one attached hydrogen (secondary N) is 3. The Morgan fingerprint density at radius 2 is 1.43 bits per heavy atom. The van der Waals surface area contributed by atoms with Gasteiger partial charge >= 0.3 is 5.69 Å². The molecular formula is C58H68N9O11PS. The molecule has 0 saturated carbocycles. The molecule has 1 aliphatic rings. The summed E-state index contributed by atoms with van der Waals surface area (Å²) in [4.78, 5) is 44.5. The van der Waals surface area contributed by atoms with Gasteiger partial charge in [-0.3, -0.25) is 19.1 Å². The molecule has 0 spiro atoms. The van der Waals surface area contributed by atoms with E-state index in [0.29, 0.717) is 22.9 Å². The van der Waals surface area contributed by atoms with E-state index in [2.05, 4.69) is 36.0 Å². The first-order chi connectivity index (χ1) is 38.5. The van der Waals surface area contributed by atoms with E-state index in [-0.39, 0.29) is 61.7 Å². The van der Waals surface area contributed by atoms with Gasteiger partial charge in [-0.05, 0) is 123 Å². The van der Waals surface area contributed by atoms with Gasteiger partial charge in [-0.15, -0.1) is 0 Å². The Labute approximate surface area is 468 Å². The van der Waals surface area contributed by atoms with Crippen molar-refractivity contribution in [2.24, 2.45) is 10.2 Å². The van der Waals surface area contributed by atoms with Crippen LogP contribution in [0.25, 0.3) is 6.08 Å². The summed E-state index contributed by atoms with van der Waals surface area (Å²) in [5.41, 5.74) is 1.65. The molecular weight excluding hydrogens is 1060 g/mol. The Morgan fingerprint density at radius 3 is 1.98 bits per heavy atom. The van der Waals surface area contributed by atoms with Crippen LogP contribution >= 0.6 is 8.53 Å². The second kappa shape index (κ2) is 28.2. The Kier molecular flexibility index (Phi) is 21.2. The Bertz CT molecular complexity index is 3260. The van der Waals surface area contributed by atoms with Gasteiger partial charge in [0, 0.05) is 63.6 Å². The molecule has 1 aromatic heterocycles. The van der Waals surface area contributed by atoms with Crippen LogP contribution in [0.2, 0.25) is 0 Å². The van der Waals surface area contributed by atoms with Gasteiger partial charge in [-0.2, -0.15) is 15.5 Å². The predicted molar refractivity (Wildman–Crippen MR) is 307 cm³/mol. The molecule has 20 nitrogen and oxygen atoms in total. The highest BCUT2D eigenvalue weighted by Crippen LogP contribution is 2.51. The second-order valence-electron chi connectivity index (χ2n) is 19.2. The van der Waals surface area contributed by atoms with Crippen LogP contribution in [-0.2, 0) is 38.9 Å². The van der Waals surface area contributed by atoms with Crippen molar-refractivity contribution in [3.05, 3.63) is 183 Å². The number of aromatic amines is 1. The third kappa shape index (κ3) is 15.3. The highest BCUT2D eigenvalue weighted by atomic mass is 32.2. The minimum absolute atomic E-state index is 0.00412. The fourth-order valence-corrected chi connectivity index (χ4v) is 11.8. The van der Waals surface area contributed by atoms with Crippen LogP contribution in [0, 0.1) is 11.3 Å². The maximum absolute atomic E-state index is 13.8. The molecule has 1 aliphatic heterocycles. The number of ether oxygens (including phenoxy) is 4. The van der Waals surface area contributed by atoms with Gasteiger partial charge in [0.15, 0.2) is 0 Å². The lowest BCUT2D eigenvalue weighted by Crippen LogP contribution is -2.39. The summed E-state index contributed by atoms with van der Waals surface area (Å²) in [6.45, 7) is 7.90. The van der Waals surface area contributed by atoms with Crippen molar-refractivity contribution >= 4 is 47.6 Å². The minimum atomic E-state index is -3.95. The number of H-pyrrole nitrogens is 1. The van der Waals surface area contributed by atoms with E-state index in [1.54, 1.807) is 14.2 Å². The quantitative estimate of drug-likeness (QED) is 0.0143. The number of nitrogens with zero attached hydrogens (tertiary/aromatic N) is 6. The maximum Gasteiger partial charge on any atom is 0.330 e. The van der Waals surface area contributed by atoms with Gasteiger partial charge in [0.1, 0.15) is 29.4 Å². The maximum atomic E-state index is 13.8. The molecule has 22 heteroatoms. The summed E-state index contributed by atoms with van der Waals surface area (Å²) in [6.07, 6.45) is 1.23. The number of hydrogen-bond acceptors (Lipinski definition) is 16. The number of methoxy groups -OCH3 is 2. The largest absolute Gasteiger partial charge is 0.497 e. The minimum Gasteiger partial charge on any atom is -0.497 e. The zero-order valence-electron chi connectivity index (χ0n) is 46.0. The first kappa shape index (κ1) is 60.3. The molecule has 6 aromatic rings. The van der Waals surface area contributed by atoms with Crippen molar-refractivity contribution < 1.29 is 41.2 Å². The standard InChI is InChI=1S/C58H68N9O11PS/c1-40(2)67(41(3)4)79(76-36-12-33-59)78-52-37-55(77-53(52)39-75-58(43-13-10-9-11-14-43,44-16-26-49(73-7)27-17-44)45-18-28-50(74-8)29-19-45)66-38-42(56(69)62-57(66)70)15-32-54(68)60-34-35-61-80(71,72)51-30-22-47(23-31-51)64-63-46-20-24-48(25-21-46)65(5)6/h9-11,13-32,38,40-41,52-53,55,61H,12,34-37,39H2,1-8H3,(H,60,68)(H,62,69,70)/b32-15+,64-63?/t52-,53+,55+,79?/m0/s1. The van der Waals surface area contributed by atoms with E-state index < -0.39 is 59.7 Å². The van der Waals surface area contributed by atoms with Gasteiger partial charge in [0.2, 0.25) is 15.9 Å². The highest BCUT2D eigenvalue weighted by molar-refractivity contribution is 7.89. The van der Waals surface area contributed by atoms with Crippen molar-refractivity contribution in [2.45, 2.75) is 81.6 Å². The van der Waals surface area contributed by atoms with Crippen LogP contribution in [-0.4, -0.2) is 107 Å².